The summed E-state index contributed by atoms with van der Waals surface area (Å²) in [5.74, 6) is 1.29. The van der Waals surface area contributed by atoms with Crippen molar-refractivity contribution in [1.82, 2.24) is 10.6 Å². The Hall–Kier alpha value is -3.06. The van der Waals surface area contributed by atoms with Crippen LogP contribution in [-0.4, -0.2) is 72.4 Å². The number of thioether (sulfide) groups is 2. The zero-order valence-electron chi connectivity index (χ0n) is 30.2. The van der Waals surface area contributed by atoms with Gasteiger partial charge in [0.15, 0.2) is 0 Å². The molecule has 2 aromatic rings. The van der Waals surface area contributed by atoms with Crippen molar-refractivity contribution < 1.29 is 38.1 Å². The maximum absolute atomic E-state index is 11.7. The Labute approximate surface area is 310 Å². The van der Waals surface area contributed by atoms with E-state index in [1.165, 1.54) is 19.3 Å². The van der Waals surface area contributed by atoms with E-state index in [0.29, 0.717) is 38.3 Å². The molecule has 0 bridgehead atoms. The average Bonchev–Trinajstić information content (AvgIpc) is 3.63. The van der Waals surface area contributed by atoms with Gasteiger partial charge in [-0.3, -0.25) is 29.8 Å². The van der Waals surface area contributed by atoms with Crippen LogP contribution in [0.4, 0.5) is 9.59 Å². The van der Waals surface area contributed by atoms with Crippen LogP contribution < -0.4 is 20.1 Å². The minimum absolute atomic E-state index is 0.149. The van der Waals surface area contributed by atoms with Crippen LogP contribution in [0, 0.1) is 10.8 Å². The van der Waals surface area contributed by atoms with E-state index in [1.807, 2.05) is 48.5 Å². The highest BCUT2D eigenvalue weighted by atomic mass is 32.2. The third kappa shape index (κ3) is 11.2. The summed E-state index contributed by atoms with van der Waals surface area (Å²) in [6.07, 6.45) is 11.9. The monoisotopic (exact) mass is 740 g/mol. The summed E-state index contributed by atoms with van der Waals surface area (Å²) in [4.78, 5) is 45.8. The molecule has 0 aromatic heterocycles. The van der Waals surface area contributed by atoms with Crippen LogP contribution in [-0.2, 0) is 31.9 Å². The lowest BCUT2D eigenvalue weighted by atomic mass is 9.71. The van der Waals surface area contributed by atoms with Crippen molar-refractivity contribution in [3.05, 3.63) is 59.7 Å². The summed E-state index contributed by atoms with van der Waals surface area (Å²) in [5, 5.41) is 3.47. The first kappa shape index (κ1) is 39.2. The number of hydrogen-bond acceptors (Lipinski definition) is 10. The van der Waals surface area contributed by atoms with Gasteiger partial charge >= 0.3 is 0 Å². The Morgan fingerprint density at radius 2 is 1.16 bits per heavy atom. The molecule has 4 fully saturated rings. The first-order valence-electron chi connectivity index (χ1n) is 18.0. The summed E-state index contributed by atoms with van der Waals surface area (Å²) in [6, 6.07) is 15.7. The number of methoxy groups -OCH3 is 2. The summed E-state index contributed by atoms with van der Waals surface area (Å²) < 4.78 is 23.2. The van der Waals surface area contributed by atoms with Gasteiger partial charge in [0.05, 0.1) is 35.9 Å². The van der Waals surface area contributed by atoms with Crippen molar-refractivity contribution in [1.29, 1.82) is 0 Å². The molecule has 2 N–H and O–H groups in total. The van der Waals surface area contributed by atoms with E-state index in [0.717, 1.165) is 84.7 Å². The van der Waals surface area contributed by atoms with Crippen LogP contribution in [0.15, 0.2) is 48.5 Å². The van der Waals surface area contributed by atoms with Gasteiger partial charge in [0.25, 0.3) is 10.5 Å². The fourth-order valence-electron chi connectivity index (χ4n) is 7.41. The standard InChI is InChI=1S/C20H27NO4S.C19H25NO4S/c1-3-20(10-4-5-16(12-20)24-2)13-25-15-8-6-14(7-9-15)11-17-18(22)21-19(23)26-17;1-19(9-3-4-15(11-19)23-2)12-24-14-7-5-13(6-8-14)10-16-17(21)20-18(22)25-16/h6-9,16-17H,3-5,10-13H2,1-2H3,(H,21,22,23);5-8,15-16H,3-4,9-12H2,1-2H3,(H,20,21,22). The molecule has 0 radical (unpaired) electrons. The Balaban J connectivity index is 0.000000198. The second-order valence-corrected chi connectivity index (χ2v) is 17.0. The van der Waals surface area contributed by atoms with Crippen LogP contribution in [0.5, 0.6) is 11.5 Å². The largest absolute Gasteiger partial charge is 0.493 e. The van der Waals surface area contributed by atoms with E-state index in [4.69, 9.17) is 18.9 Å². The van der Waals surface area contributed by atoms with Gasteiger partial charge in [-0.1, -0.05) is 74.5 Å². The molecule has 0 spiro atoms. The fourth-order valence-corrected chi connectivity index (χ4v) is 9.13. The average molecular weight is 741 g/mol. The smallest absolute Gasteiger partial charge is 0.286 e. The lowest BCUT2D eigenvalue weighted by Gasteiger charge is -2.39. The van der Waals surface area contributed by atoms with Crippen molar-refractivity contribution >= 4 is 45.8 Å². The topological polar surface area (TPSA) is 129 Å². The molecule has 4 amide bonds. The van der Waals surface area contributed by atoms with E-state index in [-0.39, 0.29) is 43.6 Å². The predicted molar refractivity (Wildman–Crippen MR) is 200 cm³/mol. The number of nitrogens with one attached hydrogen (secondary N) is 2. The quantitative estimate of drug-likeness (QED) is 0.213. The van der Waals surface area contributed by atoms with Crippen molar-refractivity contribution in [2.24, 2.45) is 10.8 Å². The predicted octanol–water partition coefficient (Wildman–Crippen LogP) is 7.50. The zero-order chi connectivity index (χ0) is 36.4. The number of rotatable bonds is 13. The molecule has 12 heteroatoms. The summed E-state index contributed by atoms with van der Waals surface area (Å²) in [7, 11) is 3.58. The molecule has 2 aliphatic heterocycles. The first-order chi connectivity index (χ1) is 24.5. The lowest BCUT2D eigenvalue weighted by molar-refractivity contribution is -0.119. The second kappa shape index (κ2) is 18.1. The maximum Gasteiger partial charge on any atom is 0.286 e. The number of benzene rings is 2. The Morgan fingerprint density at radius 1 is 0.686 bits per heavy atom. The number of amides is 4. The van der Waals surface area contributed by atoms with Crippen LogP contribution in [0.2, 0.25) is 0 Å². The van der Waals surface area contributed by atoms with Crippen LogP contribution >= 0.6 is 23.5 Å². The second-order valence-electron chi connectivity index (χ2n) is 14.6. The highest BCUT2D eigenvalue weighted by Gasteiger charge is 2.37. The van der Waals surface area contributed by atoms with Crippen LogP contribution in [0.25, 0.3) is 0 Å². The molecule has 51 heavy (non-hydrogen) atoms. The number of carbonyl (C=O) groups is 4. The summed E-state index contributed by atoms with van der Waals surface area (Å²) in [6.45, 7) is 5.88. The zero-order valence-corrected chi connectivity index (χ0v) is 31.8. The van der Waals surface area contributed by atoms with Crippen LogP contribution in [0.1, 0.15) is 82.8 Å². The highest BCUT2D eigenvalue weighted by molar-refractivity contribution is 8.15. The van der Waals surface area contributed by atoms with E-state index in [2.05, 4.69) is 24.5 Å². The first-order valence-corrected chi connectivity index (χ1v) is 19.8. The third-order valence-corrected chi connectivity index (χ3v) is 12.7. The summed E-state index contributed by atoms with van der Waals surface area (Å²) >= 11 is 2.12. The van der Waals surface area contributed by atoms with E-state index in [9.17, 15) is 19.2 Å². The molecule has 278 valence electrons. The molecule has 6 atom stereocenters. The molecule has 2 aliphatic carbocycles. The Kier molecular flexibility index (Phi) is 13.9. The van der Waals surface area contributed by atoms with Crippen LogP contribution in [0.3, 0.4) is 0 Å². The molecule has 6 unspecified atom stereocenters. The van der Waals surface area contributed by atoms with Crippen molar-refractivity contribution in [3.8, 4) is 11.5 Å². The molecular formula is C39H52N2O8S2. The molecule has 4 aliphatic rings. The number of hydrogen-bond donors (Lipinski definition) is 2. The molecule has 2 saturated carbocycles. The van der Waals surface area contributed by atoms with Crippen molar-refractivity contribution in [3.63, 3.8) is 0 Å². The van der Waals surface area contributed by atoms with E-state index >= 15 is 0 Å². The van der Waals surface area contributed by atoms with E-state index < -0.39 is 0 Å². The van der Waals surface area contributed by atoms with Crippen molar-refractivity contribution in [2.45, 2.75) is 107 Å². The van der Waals surface area contributed by atoms with Gasteiger partial charge in [-0.2, -0.15) is 0 Å². The fraction of sp³-hybridized carbons (Fsp3) is 0.590. The lowest BCUT2D eigenvalue weighted by Crippen LogP contribution is -2.36. The number of ether oxygens (including phenoxy) is 4. The van der Waals surface area contributed by atoms with Gasteiger partial charge in [0.2, 0.25) is 11.8 Å². The molecule has 10 nitrogen and oxygen atoms in total. The number of carbonyl (C=O) groups excluding carboxylic acids is 4. The van der Waals surface area contributed by atoms with Gasteiger partial charge < -0.3 is 18.9 Å². The summed E-state index contributed by atoms with van der Waals surface area (Å²) in [5.41, 5.74) is 2.40. The number of imide groups is 2. The Bertz CT molecular complexity index is 1510. The Morgan fingerprint density at radius 3 is 1.61 bits per heavy atom. The third-order valence-electron chi connectivity index (χ3n) is 10.7. The maximum atomic E-state index is 11.7. The van der Waals surface area contributed by atoms with Crippen molar-refractivity contribution in [2.75, 3.05) is 27.4 Å². The molecule has 2 heterocycles. The minimum Gasteiger partial charge on any atom is -0.493 e. The van der Waals surface area contributed by atoms with Gasteiger partial charge in [0, 0.05) is 25.0 Å². The van der Waals surface area contributed by atoms with Gasteiger partial charge in [-0.25, -0.2) is 0 Å². The molecule has 2 aromatic carbocycles. The minimum atomic E-state index is -0.328. The van der Waals surface area contributed by atoms with Gasteiger partial charge in [0.1, 0.15) is 11.5 Å². The SMILES string of the molecule is CCC1(COc2ccc(CC3SC(=O)NC3=O)cc2)CCCC(OC)C1.COC1CCCC(C)(COc2ccc(CC3SC(=O)NC3=O)cc2)C1. The highest BCUT2D eigenvalue weighted by Crippen LogP contribution is 2.41. The normalized spacial score (nSPS) is 29.2. The molecule has 2 saturated heterocycles. The van der Waals surface area contributed by atoms with Gasteiger partial charge in [-0.15, -0.1) is 0 Å². The van der Waals surface area contributed by atoms with E-state index in [1.54, 1.807) is 14.2 Å². The molecule has 6 rings (SSSR count). The van der Waals surface area contributed by atoms with Gasteiger partial charge in [-0.05, 0) is 93.2 Å². The molecular weight excluding hydrogens is 689 g/mol.